The van der Waals surface area contributed by atoms with Gasteiger partial charge in [-0.05, 0) is 34.4 Å². The fourth-order valence-corrected chi connectivity index (χ4v) is 4.21. The van der Waals surface area contributed by atoms with Gasteiger partial charge < -0.3 is 0 Å². The molecule has 0 N–H and O–H groups in total. The fourth-order valence-electron chi connectivity index (χ4n) is 4.21. The Kier molecular flexibility index (Phi) is 9.15. The SMILES string of the molecule is [Mn+2].c1cc[cH-]c1.c1cc[cH-]c1.c1ccc(-c2ccnc3c2ccc2c(-c4ccccc4)ccnc23)cc1. The molecule has 0 spiro atoms. The van der Waals surface area contributed by atoms with Gasteiger partial charge in [0, 0.05) is 23.2 Å². The topological polar surface area (TPSA) is 25.8 Å². The van der Waals surface area contributed by atoms with Crippen LogP contribution in [0.15, 0.2) is 158 Å². The van der Waals surface area contributed by atoms with Gasteiger partial charge in [-0.1, -0.05) is 72.8 Å². The first-order valence-electron chi connectivity index (χ1n) is 12.0. The maximum absolute atomic E-state index is 4.67. The van der Waals surface area contributed by atoms with Crippen molar-refractivity contribution in [2.75, 3.05) is 0 Å². The second-order valence-electron chi connectivity index (χ2n) is 8.23. The first kappa shape index (κ1) is 25.8. The first-order chi connectivity index (χ1) is 17.9. The zero-order valence-electron chi connectivity index (χ0n) is 20.3. The van der Waals surface area contributed by atoms with Crippen molar-refractivity contribution in [1.82, 2.24) is 9.97 Å². The van der Waals surface area contributed by atoms with Crippen LogP contribution in [0.25, 0.3) is 44.1 Å². The van der Waals surface area contributed by atoms with Gasteiger partial charge >= 0.3 is 17.1 Å². The second kappa shape index (κ2) is 13.1. The largest absolute Gasteiger partial charge is 2.00 e. The number of fused-ring (bicyclic) bond motifs is 3. The van der Waals surface area contributed by atoms with Crippen molar-refractivity contribution in [3.8, 4) is 22.3 Å². The second-order valence-corrected chi connectivity index (χ2v) is 8.23. The molecule has 3 heteroatoms. The van der Waals surface area contributed by atoms with Crippen molar-refractivity contribution in [3.05, 3.63) is 158 Å². The maximum atomic E-state index is 4.67. The molecule has 7 aromatic rings. The molecule has 0 fully saturated rings. The van der Waals surface area contributed by atoms with E-state index in [2.05, 4.69) is 82.8 Å². The Morgan fingerprint density at radius 3 is 1.11 bits per heavy atom. The van der Waals surface area contributed by atoms with E-state index in [-0.39, 0.29) is 17.1 Å². The fraction of sp³-hybridized carbons (Fsp3) is 0. The summed E-state index contributed by atoms with van der Waals surface area (Å²) in [7, 11) is 0. The Hall–Kier alpha value is -4.30. The number of rotatable bonds is 2. The minimum atomic E-state index is 0. The Balaban J connectivity index is 0.000000243. The van der Waals surface area contributed by atoms with Gasteiger partial charge in [-0.3, -0.25) is 9.97 Å². The van der Waals surface area contributed by atoms with E-state index in [0.29, 0.717) is 0 Å². The summed E-state index contributed by atoms with van der Waals surface area (Å²) in [6, 6.07) is 49.3. The van der Waals surface area contributed by atoms with Gasteiger partial charge in [-0.25, -0.2) is 24.3 Å². The Morgan fingerprint density at radius 1 is 0.405 bits per heavy atom. The third kappa shape index (κ3) is 6.28. The van der Waals surface area contributed by atoms with Crippen LogP contribution >= 0.6 is 0 Å². The van der Waals surface area contributed by atoms with Gasteiger partial charge in [0.2, 0.25) is 0 Å². The molecule has 0 aliphatic heterocycles. The van der Waals surface area contributed by atoms with E-state index in [4.69, 9.17) is 0 Å². The van der Waals surface area contributed by atoms with Gasteiger partial charge in [0.15, 0.2) is 0 Å². The van der Waals surface area contributed by atoms with Crippen molar-refractivity contribution in [2.45, 2.75) is 0 Å². The third-order valence-corrected chi connectivity index (χ3v) is 5.90. The number of hydrogen-bond donors (Lipinski definition) is 0. The van der Waals surface area contributed by atoms with Crippen molar-refractivity contribution in [2.24, 2.45) is 0 Å². The van der Waals surface area contributed by atoms with Gasteiger partial charge in [-0.2, -0.15) is 36.4 Å². The summed E-state index contributed by atoms with van der Waals surface area (Å²) in [6.07, 6.45) is 3.75. The molecule has 5 aromatic carbocycles. The van der Waals surface area contributed by atoms with E-state index in [1.165, 1.54) is 22.3 Å². The van der Waals surface area contributed by atoms with Crippen molar-refractivity contribution in [1.29, 1.82) is 0 Å². The normalized spacial score (nSPS) is 9.95. The minimum Gasteiger partial charge on any atom is -0.254 e. The van der Waals surface area contributed by atoms with Crippen LogP contribution in [0.4, 0.5) is 0 Å². The monoisotopic (exact) mass is 517 g/mol. The molecule has 2 heterocycles. The summed E-state index contributed by atoms with van der Waals surface area (Å²) in [6.45, 7) is 0. The molecule has 7 rings (SSSR count). The van der Waals surface area contributed by atoms with E-state index >= 15 is 0 Å². The summed E-state index contributed by atoms with van der Waals surface area (Å²) in [5, 5.41) is 2.26. The number of aromatic nitrogens is 2. The number of nitrogens with zero attached hydrogens (tertiary/aromatic N) is 2. The summed E-state index contributed by atoms with van der Waals surface area (Å²) >= 11 is 0. The smallest absolute Gasteiger partial charge is 0.254 e. The van der Waals surface area contributed by atoms with Gasteiger partial charge in [0.1, 0.15) is 0 Å². The molecule has 2 aromatic heterocycles. The van der Waals surface area contributed by atoms with E-state index in [0.717, 1.165) is 21.8 Å². The van der Waals surface area contributed by atoms with Crippen LogP contribution in [0.2, 0.25) is 0 Å². The molecule has 0 aliphatic rings. The van der Waals surface area contributed by atoms with Crippen molar-refractivity contribution >= 4 is 21.8 Å². The molecule has 0 saturated carbocycles. The molecule has 1 radical (unpaired) electrons. The van der Waals surface area contributed by atoms with E-state index < -0.39 is 0 Å². The van der Waals surface area contributed by atoms with Crippen molar-refractivity contribution < 1.29 is 17.1 Å². The van der Waals surface area contributed by atoms with E-state index in [9.17, 15) is 0 Å². The van der Waals surface area contributed by atoms with E-state index in [1.807, 2.05) is 85.2 Å². The van der Waals surface area contributed by atoms with Crippen LogP contribution in [-0.4, -0.2) is 9.97 Å². The van der Waals surface area contributed by atoms with Crippen molar-refractivity contribution in [3.63, 3.8) is 0 Å². The molecular weight excluding hydrogens is 491 g/mol. The van der Waals surface area contributed by atoms with Crippen LogP contribution in [0.5, 0.6) is 0 Å². The quantitative estimate of drug-likeness (QED) is 0.130. The minimum absolute atomic E-state index is 0. The zero-order valence-corrected chi connectivity index (χ0v) is 21.5. The molecule has 0 unspecified atom stereocenters. The number of benzene rings is 3. The van der Waals surface area contributed by atoms with Crippen LogP contribution in [0.1, 0.15) is 0 Å². The standard InChI is InChI=1S/C24H16N2.2C5H5.Mn/c1-3-7-17(8-4-1)19-13-15-25-23-21(19)11-12-22-20(14-16-26-24(22)23)18-9-5-2-6-10-18;2*1-2-4-5-3-1;/h1-16H;2*1-5H;/q;2*-1;+2. The third-order valence-electron chi connectivity index (χ3n) is 5.90. The summed E-state index contributed by atoms with van der Waals surface area (Å²) < 4.78 is 0. The molecule has 0 bridgehead atoms. The van der Waals surface area contributed by atoms with Crippen LogP contribution in [-0.2, 0) is 17.1 Å². The molecular formula is C34H26MnN2. The average Bonchev–Trinajstić information content (AvgIpc) is 3.73. The zero-order chi connectivity index (χ0) is 24.4. The van der Waals surface area contributed by atoms with Gasteiger partial charge in [0.25, 0.3) is 0 Å². The van der Waals surface area contributed by atoms with E-state index in [1.54, 1.807) is 0 Å². The van der Waals surface area contributed by atoms with Gasteiger partial charge in [-0.15, -0.1) is 0 Å². The van der Waals surface area contributed by atoms with Crippen LogP contribution < -0.4 is 0 Å². The Morgan fingerprint density at radius 2 is 0.784 bits per heavy atom. The summed E-state index contributed by atoms with van der Waals surface area (Å²) in [5.41, 5.74) is 6.65. The predicted octanol–water partition coefficient (Wildman–Crippen LogP) is 8.93. The first-order valence-corrected chi connectivity index (χ1v) is 12.0. The summed E-state index contributed by atoms with van der Waals surface area (Å²) in [5.74, 6) is 0. The molecule has 0 saturated heterocycles. The van der Waals surface area contributed by atoms with Crippen LogP contribution in [0.3, 0.4) is 0 Å². The van der Waals surface area contributed by atoms with Gasteiger partial charge in [0.05, 0.1) is 11.0 Å². The molecule has 179 valence electrons. The molecule has 0 aliphatic carbocycles. The predicted molar refractivity (Wildman–Crippen MR) is 152 cm³/mol. The average molecular weight is 518 g/mol. The number of pyridine rings is 2. The summed E-state index contributed by atoms with van der Waals surface area (Å²) in [4.78, 5) is 9.34. The number of hydrogen-bond acceptors (Lipinski definition) is 2. The Bertz CT molecular complexity index is 1450. The van der Waals surface area contributed by atoms with Crippen LogP contribution in [0, 0.1) is 0 Å². The maximum Gasteiger partial charge on any atom is 2.00 e. The Labute approximate surface area is 228 Å². The molecule has 0 amide bonds. The molecule has 2 nitrogen and oxygen atoms in total. The molecule has 0 atom stereocenters. The molecule has 37 heavy (non-hydrogen) atoms.